The quantitative estimate of drug-likeness (QED) is 0.734. The molecule has 15 heavy (non-hydrogen) atoms. The van der Waals surface area contributed by atoms with Crippen molar-refractivity contribution >= 4 is 5.78 Å². The topological polar surface area (TPSA) is 17.1 Å². The number of carbonyl (C=O) groups is 1. The van der Waals surface area contributed by atoms with Crippen LogP contribution < -0.4 is 0 Å². The van der Waals surface area contributed by atoms with E-state index in [0.29, 0.717) is 18.1 Å². The number of carbonyl (C=O) groups excluding carboxylic acids is 1. The Morgan fingerprint density at radius 2 is 1.93 bits per heavy atom. The maximum absolute atomic E-state index is 11.9. The lowest BCUT2D eigenvalue weighted by atomic mass is 9.90. The highest BCUT2D eigenvalue weighted by atomic mass is 16.1. The number of hydrogen-bond donors (Lipinski definition) is 0. The van der Waals surface area contributed by atoms with Gasteiger partial charge in [0.2, 0.25) is 0 Å². The molecule has 1 aromatic carbocycles. The summed E-state index contributed by atoms with van der Waals surface area (Å²) >= 11 is 0. The highest BCUT2D eigenvalue weighted by molar-refractivity contribution is 5.83. The molecule has 82 valence electrons. The van der Waals surface area contributed by atoms with Gasteiger partial charge in [-0.25, -0.2) is 0 Å². The van der Waals surface area contributed by atoms with Crippen molar-refractivity contribution in [3.8, 4) is 0 Å². The van der Waals surface area contributed by atoms with Gasteiger partial charge in [0, 0.05) is 12.3 Å². The Morgan fingerprint density at radius 1 is 1.27 bits per heavy atom. The molecule has 0 amide bonds. The summed E-state index contributed by atoms with van der Waals surface area (Å²) in [4.78, 5) is 11.9. The van der Waals surface area contributed by atoms with Crippen LogP contribution in [0.5, 0.6) is 0 Å². The molecule has 1 atom stereocenters. The number of Topliss-reactive ketones (excluding diaryl/α,β-unsaturated/α-hetero) is 1. The molecule has 0 bridgehead atoms. The molecular weight excluding hydrogens is 184 g/mol. The Labute approximate surface area is 92.5 Å². The van der Waals surface area contributed by atoms with Crippen LogP contribution in [0.3, 0.4) is 0 Å². The molecule has 0 aromatic heterocycles. The minimum Gasteiger partial charge on any atom is -0.299 e. The summed E-state index contributed by atoms with van der Waals surface area (Å²) in [5.41, 5.74) is 2.35. The first-order valence-electron chi connectivity index (χ1n) is 5.59. The normalized spacial score (nSPS) is 12.9. The monoisotopic (exact) mass is 204 g/mol. The molecule has 0 aliphatic heterocycles. The lowest BCUT2D eigenvalue weighted by molar-refractivity contribution is -0.122. The van der Waals surface area contributed by atoms with Crippen molar-refractivity contribution in [3.05, 3.63) is 35.4 Å². The molecule has 1 aromatic rings. The Hall–Kier alpha value is -1.11. The van der Waals surface area contributed by atoms with Crippen LogP contribution in [0, 0.1) is 18.8 Å². The van der Waals surface area contributed by atoms with Crippen LogP contribution in [0.4, 0.5) is 0 Å². The van der Waals surface area contributed by atoms with Crippen LogP contribution in [0.2, 0.25) is 0 Å². The van der Waals surface area contributed by atoms with Gasteiger partial charge >= 0.3 is 0 Å². The second-order valence-electron chi connectivity index (χ2n) is 4.66. The fourth-order valence-corrected chi connectivity index (χ4v) is 1.56. The maximum atomic E-state index is 11.9. The van der Waals surface area contributed by atoms with E-state index in [4.69, 9.17) is 0 Å². The lowest BCUT2D eigenvalue weighted by Gasteiger charge is -2.14. The van der Waals surface area contributed by atoms with Crippen LogP contribution >= 0.6 is 0 Å². The molecule has 0 aliphatic carbocycles. The smallest absolute Gasteiger partial charge is 0.140 e. The second-order valence-corrected chi connectivity index (χ2v) is 4.66. The van der Waals surface area contributed by atoms with E-state index < -0.39 is 0 Å². The largest absolute Gasteiger partial charge is 0.299 e. The summed E-state index contributed by atoms with van der Waals surface area (Å²) < 4.78 is 0. The molecule has 1 nitrogen and oxygen atoms in total. The SMILES string of the molecule is Cc1cccc(CC(=O)C(C)C(C)C)c1. The van der Waals surface area contributed by atoms with E-state index in [1.54, 1.807) is 0 Å². The molecule has 0 radical (unpaired) electrons. The summed E-state index contributed by atoms with van der Waals surface area (Å²) in [5, 5.41) is 0. The minimum atomic E-state index is 0.158. The predicted molar refractivity (Wildman–Crippen MR) is 63.9 cm³/mol. The predicted octanol–water partition coefficient (Wildman–Crippen LogP) is 3.40. The Morgan fingerprint density at radius 3 is 2.47 bits per heavy atom. The molecule has 0 heterocycles. The third-order valence-electron chi connectivity index (χ3n) is 2.97. The lowest BCUT2D eigenvalue weighted by Crippen LogP contribution is -2.18. The summed E-state index contributed by atoms with van der Waals surface area (Å²) in [6.45, 7) is 8.26. The van der Waals surface area contributed by atoms with Crippen molar-refractivity contribution in [2.24, 2.45) is 11.8 Å². The van der Waals surface area contributed by atoms with Gasteiger partial charge in [-0.3, -0.25) is 4.79 Å². The van der Waals surface area contributed by atoms with E-state index in [2.05, 4.69) is 32.9 Å². The minimum absolute atomic E-state index is 0.158. The van der Waals surface area contributed by atoms with Gasteiger partial charge in [0.05, 0.1) is 0 Å². The van der Waals surface area contributed by atoms with E-state index in [0.717, 1.165) is 5.56 Å². The standard InChI is InChI=1S/C14H20O/c1-10(2)12(4)14(15)9-13-7-5-6-11(3)8-13/h5-8,10,12H,9H2,1-4H3. The first-order chi connectivity index (χ1) is 7.00. The number of aryl methyl sites for hydroxylation is 1. The molecule has 0 saturated carbocycles. The van der Waals surface area contributed by atoms with Crippen molar-refractivity contribution in [1.82, 2.24) is 0 Å². The average Bonchev–Trinajstić information content (AvgIpc) is 2.16. The van der Waals surface area contributed by atoms with Gasteiger partial charge in [0.15, 0.2) is 0 Å². The van der Waals surface area contributed by atoms with Crippen molar-refractivity contribution in [2.45, 2.75) is 34.1 Å². The molecule has 0 spiro atoms. The van der Waals surface area contributed by atoms with Gasteiger partial charge in [-0.1, -0.05) is 50.6 Å². The average molecular weight is 204 g/mol. The molecule has 0 fully saturated rings. The fraction of sp³-hybridized carbons (Fsp3) is 0.500. The van der Waals surface area contributed by atoms with Gasteiger partial charge in [-0.05, 0) is 18.4 Å². The molecule has 0 saturated heterocycles. The van der Waals surface area contributed by atoms with E-state index >= 15 is 0 Å². The molecule has 0 aliphatic rings. The second kappa shape index (κ2) is 5.11. The highest BCUT2D eigenvalue weighted by Gasteiger charge is 2.16. The zero-order valence-electron chi connectivity index (χ0n) is 10.1. The molecular formula is C14H20O. The molecule has 1 heteroatoms. The van der Waals surface area contributed by atoms with Gasteiger partial charge in [-0.2, -0.15) is 0 Å². The van der Waals surface area contributed by atoms with Crippen LogP contribution in [0.25, 0.3) is 0 Å². The Bertz CT molecular complexity index is 339. The molecule has 0 N–H and O–H groups in total. The van der Waals surface area contributed by atoms with E-state index in [1.807, 2.05) is 19.1 Å². The maximum Gasteiger partial charge on any atom is 0.140 e. The number of ketones is 1. The highest BCUT2D eigenvalue weighted by Crippen LogP contribution is 2.14. The number of hydrogen-bond acceptors (Lipinski definition) is 1. The van der Waals surface area contributed by atoms with Crippen molar-refractivity contribution in [1.29, 1.82) is 0 Å². The summed E-state index contributed by atoms with van der Waals surface area (Å²) in [6, 6.07) is 8.18. The Balaban J connectivity index is 2.66. The zero-order valence-corrected chi connectivity index (χ0v) is 10.1. The van der Waals surface area contributed by atoms with Crippen molar-refractivity contribution in [3.63, 3.8) is 0 Å². The Kier molecular flexibility index (Phi) is 4.07. The van der Waals surface area contributed by atoms with Crippen molar-refractivity contribution < 1.29 is 4.79 Å². The first-order valence-corrected chi connectivity index (χ1v) is 5.59. The first kappa shape index (κ1) is 12.0. The van der Waals surface area contributed by atoms with Gasteiger partial charge in [0.1, 0.15) is 5.78 Å². The number of rotatable bonds is 4. The van der Waals surface area contributed by atoms with Crippen molar-refractivity contribution in [2.75, 3.05) is 0 Å². The molecule has 1 rings (SSSR count). The number of benzene rings is 1. The third kappa shape index (κ3) is 3.50. The fourth-order valence-electron chi connectivity index (χ4n) is 1.56. The van der Waals surface area contributed by atoms with Gasteiger partial charge in [0.25, 0.3) is 0 Å². The third-order valence-corrected chi connectivity index (χ3v) is 2.97. The zero-order chi connectivity index (χ0) is 11.4. The van der Waals surface area contributed by atoms with Gasteiger partial charge in [-0.15, -0.1) is 0 Å². The van der Waals surface area contributed by atoms with Crippen LogP contribution in [0.1, 0.15) is 31.9 Å². The summed E-state index contributed by atoms with van der Waals surface area (Å²) in [5.74, 6) is 0.934. The van der Waals surface area contributed by atoms with Crippen LogP contribution in [0.15, 0.2) is 24.3 Å². The summed E-state index contributed by atoms with van der Waals surface area (Å²) in [6.07, 6.45) is 0.570. The molecule has 1 unspecified atom stereocenters. The summed E-state index contributed by atoms with van der Waals surface area (Å²) in [7, 11) is 0. The van der Waals surface area contributed by atoms with Crippen LogP contribution in [-0.2, 0) is 11.2 Å². The van der Waals surface area contributed by atoms with E-state index in [-0.39, 0.29) is 5.92 Å². The van der Waals surface area contributed by atoms with Crippen LogP contribution in [-0.4, -0.2) is 5.78 Å². The van der Waals surface area contributed by atoms with E-state index in [9.17, 15) is 4.79 Å². The van der Waals surface area contributed by atoms with Gasteiger partial charge < -0.3 is 0 Å². The van der Waals surface area contributed by atoms with E-state index in [1.165, 1.54) is 5.56 Å².